The van der Waals surface area contributed by atoms with Gasteiger partial charge in [0.1, 0.15) is 0 Å². The highest BCUT2D eigenvalue weighted by Crippen LogP contribution is 2.24. The van der Waals surface area contributed by atoms with Crippen LogP contribution in [0.25, 0.3) is 0 Å². The molecule has 0 atom stereocenters. The number of ketones is 1. The van der Waals surface area contributed by atoms with Crippen LogP contribution in [0.2, 0.25) is 0 Å². The summed E-state index contributed by atoms with van der Waals surface area (Å²) >= 11 is 0. The first kappa shape index (κ1) is 20.2. The molecular formula is C23H21NO5. The van der Waals surface area contributed by atoms with Gasteiger partial charge in [0, 0.05) is 12.1 Å². The van der Waals surface area contributed by atoms with Crippen LogP contribution in [0.15, 0.2) is 55.1 Å². The van der Waals surface area contributed by atoms with Crippen molar-refractivity contribution in [3.63, 3.8) is 0 Å². The number of rotatable bonds is 8. The average Bonchev–Trinajstić information content (AvgIpc) is 2.97. The summed E-state index contributed by atoms with van der Waals surface area (Å²) in [7, 11) is 0. The Kier molecular flexibility index (Phi) is 6.02. The van der Waals surface area contributed by atoms with Crippen LogP contribution < -0.4 is 0 Å². The maximum atomic E-state index is 12.3. The summed E-state index contributed by atoms with van der Waals surface area (Å²) in [6.07, 6.45) is 3.41. The second-order valence-electron chi connectivity index (χ2n) is 6.72. The van der Waals surface area contributed by atoms with Crippen molar-refractivity contribution in [3.05, 3.63) is 82.9 Å². The molecule has 0 aromatic heterocycles. The number of hydrogen-bond acceptors (Lipinski definition) is 5. The van der Waals surface area contributed by atoms with E-state index in [0.717, 1.165) is 23.3 Å². The molecule has 0 spiro atoms. The quantitative estimate of drug-likeness (QED) is 0.298. The maximum absolute atomic E-state index is 12.3. The Hall–Kier alpha value is -3.54. The third-order valence-corrected chi connectivity index (χ3v) is 4.67. The molecule has 0 fully saturated rings. The predicted octanol–water partition coefficient (Wildman–Crippen LogP) is 3.46. The van der Waals surface area contributed by atoms with E-state index in [1.165, 1.54) is 24.3 Å². The van der Waals surface area contributed by atoms with Crippen molar-refractivity contribution >= 4 is 23.6 Å². The molecule has 2 aromatic carbocycles. The number of carbonyl (C=O) groups is 4. The highest BCUT2D eigenvalue weighted by atomic mass is 16.5. The Morgan fingerprint density at radius 1 is 1.00 bits per heavy atom. The molecule has 6 heteroatoms. The molecule has 0 bridgehead atoms. The van der Waals surface area contributed by atoms with Gasteiger partial charge in [-0.25, -0.2) is 4.79 Å². The van der Waals surface area contributed by atoms with Crippen molar-refractivity contribution in [2.24, 2.45) is 0 Å². The van der Waals surface area contributed by atoms with Gasteiger partial charge in [-0.3, -0.25) is 19.3 Å². The number of hydrogen-bond donors (Lipinski definition) is 0. The van der Waals surface area contributed by atoms with Crippen molar-refractivity contribution < 1.29 is 23.9 Å². The summed E-state index contributed by atoms with van der Waals surface area (Å²) in [6, 6.07) is 11.4. The summed E-state index contributed by atoms with van der Waals surface area (Å²) in [6.45, 7) is 5.30. The van der Waals surface area contributed by atoms with Gasteiger partial charge in [0.05, 0.1) is 16.7 Å². The summed E-state index contributed by atoms with van der Waals surface area (Å²) in [4.78, 5) is 50.2. The standard InChI is InChI=1S/C23H21NO5/c1-3-5-15-6-8-16(9-7-15)20(25)14-29-23(28)17-10-11-18-19(13-17)22(27)24(12-4-2)21(18)26/h4,6-11,13H,2-3,5,12,14H2,1H3. The normalized spacial score (nSPS) is 12.7. The molecule has 3 rings (SSSR count). The highest BCUT2D eigenvalue weighted by molar-refractivity contribution is 6.22. The molecule has 148 valence electrons. The van der Waals surface area contributed by atoms with Gasteiger partial charge in [0.15, 0.2) is 12.4 Å². The van der Waals surface area contributed by atoms with E-state index in [4.69, 9.17) is 4.74 Å². The van der Waals surface area contributed by atoms with E-state index in [1.54, 1.807) is 12.1 Å². The molecule has 2 aromatic rings. The van der Waals surface area contributed by atoms with E-state index >= 15 is 0 Å². The van der Waals surface area contributed by atoms with Crippen LogP contribution in [0.1, 0.15) is 60.3 Å². The highest BCUT2D eigenvalue weighted by Gasteiger charge is 2.35. The van der Waals surface area contributed by atoms with Gasteiger partial charge in [-0.2, -0.15) is 0 Å². The SMILES string of the molecule is C=CCN1C(=O)c2ccc(C(=O)OCC(=O)c3ccc(CCC)cc3)cc2C1=O. The van der Waals surface area contributed by atoms with Crippen molar-refractivity contribution in [2.75, 3.05) is 13.2 Å². The van der Waals surface area contributed by atoms with Crippen molar-refractivity contribution in [2.45, 2.75) is 19.8 Å². The third-order valence-electron chi connectivity index (χ3n) is 4.67. The molecule has 29 heavy (non-hydrogen) atoms. The zero-order chi connectivity index (χ0) is 21.0. The number of fused-ring (bicyclic) bond motifs is 1. The number of aryl methyl sites for hydroxylation is 1. The molecule has 2 amide bonds. The van der Waals surface area contributed by atoms with Gasteiger partial charge in [-0.15, -0.1) is 6.58 Å². The fraction of sp³-hybridized carbons (Fsp3) is 0.217. The van der Waals surface area contributed by atoms with Crippen LogP contribution in [0.5, 0.6) is 0 Å². The molecule has 0 unspecified atom stereocenters. The first-order chi connectivity index (χ1) is 14.0. The zero-order valence-electron chi connectivity index (χ0n) is 16.1. The predicted molar refractivity (Wildman–Crippen MR) is 107 cm³/mol. The van der Waals surface area contributed by atoms with Crippen LogP contribution in [-0.4, -0.2) is 41.6 Å². The molecule has 1 aliphatic rings. The number of amides is 2. The minimum absolute atomic E-state index is 0.0949. The lowest BCUT2D eigenvalue weighted by Crippen LogP contribution is -2.29. The molecule has 0 N–H and O–H groups in total. The van der Waals surface area contributed by atoms with Gasteiger partial charge in [0.2, 0.25) is 0 Å². The van der Waals surface area contributed by atoms with Crippen LogP contribution in [0.4, 0.5) is 0 Å². The largest absolute Gasteiger partial charge is 0.454 e. The number of nitrogens with zero attached hydrogens (tertiary/aromatic N) is 1. The van der Waals surface area contributed by atoms with Crippen LogP contribution in [-0.2, 0) is 11.2 Å². The summed E-state index contributed by atoms with van der Waals surface area (Å²) < 4.78 is 5.10. The Labute approximate surface area is 168 Å². The lowest BCUT2D eigenvalue weighted by molar-refractivity contribution is 0.0474. The van der Waals surface area contributed by atoms with Crippen molar-refractivity contribution in [1.82, 2.24) is 4.90 Å². The van der Waals surface area contributed by atoms with Crippen molar-refractivity contribution in [3.8, 4) is 0 Å². The van der Waals surface area contributed by atoms with Gasteiger partial charge >= 0.3 is 5.97 Å². The van der Waals surface area contributed by atoms with E-state index < -0.39 is 24.4 Å². The number of esters is 1. The van der Waals surface area contributed by atoms with E-state index in [0.29, 0.717) is 5.56 Å². The summed E-state index contributed by atoms with van der Waals surface area (Å²) in [5, 5.41) is 0. The molecule has 0 saturated heterocycles. The molecule has 0 aliphatic carbocycles. The molecular weight excluding hydrogens is 370 g/mol. The maximum Gasteiger partial charge on any atom is 0.338 e. The second-order valence-corrected chi connectivity index (χ2v) is 6.72. The number of imide groups is 1. The fourth-order valence-electron chi connectivity index (χ4n) is 3.16. The molecule has 0 saturated carbocycles. The van der Waals surface area contributed by atoms with Gasteiger partial charge in [-0.1, -0.05) is 43.7 Å². The third kappa shape index (κ3) is 4.16. The molecule has 0 radical (unpaired) electrons. The lowest BCUT2D eigenvalue weighted by Gasteiger charge is -2.09. The fourth-order valence-corrected chi connectivity index (χ4v) is 3.16. The minimum Gasteiger partial charge on any atom is -0.454 e. The Morgan fingerprint density at radius 2 is 1.66 bits per heavy atom. The van der Waals surface area contributed by atoms with Crippen LogP contribution in [0, 0.1) is 0 Å². The number of benzene rings is 2. The first-order valence-corrected chi connectivity index (χ1v) is 9.36. The number of ether oxygens (including phenoxy) is 1. The Balaban J connectivity index is 1.66. The van der Waals surface area contributed by atoms with Gasteiger partial charge in [0.25, 0.3) is 11.8 Å². The van der Waals surface area contributed by atoms with E-state index in [-0.39, 0.29) is 29.0 Å². The van der Waals surface area contributed by atoms with Crippen molar-refractivity contribution in [1.29, 1.82) is 0 Å². The van der Waals surface area contributed by atoms with Crippen LogP contribution in [0.3, 0.4) is 0 Å². The number of Topliss-reactive ketones (excluding diaryl/α,β-unsaturated/α-hetero) is 1. The smallest absolute Gasteiger partial charge is 0.338 e. The van der Waals surface area contributed by atoms with E-state index in [1.807, 2.05) is 12.1 Å². The minimum atomic E-state index is -0.730. The Morgan fingerprint density at radius 3 is 2.31 bits per heavy atom. The van der Waals surface area contributed by atoms with Crippen LogP contribution >= 0.6 is 0 Å². The first-order valence-electron chi connectivity index (χ1n) is 9.36. The Bertz CT molecular complexity index is 991. The molecule has 1 aliphatic heterocycles. The number of carbonyl (C=O) groups excluding carboxylic acids is 4. The van der Waals surface area contributed by atoms with Gasteiger partial charge in [-0.05, 0) is 30.2 Å². The molecule has 1 heterocycles. The van der Waals surface area contributed by atoms with Gasteiger partial charge < -0.3 is 4.74 Å². The van der Waals surface area contributed by atoms with E-state index in [9.17, 15) is 19.2 Å². The monoisotopic (exact) mass is 391 g/mol. The topological polar surface area (TPSA) is 80.8 Å². The summed E-state index contributed by atoms with van der Waals surface area (Å²) in [5.41, 5.74) is 2.09. The molecule has 6 nitrogen and oxygen atoms in total. The zero-order valence-corrected chi connectivity index (χ0v) is 16.1. The lowest BCUT2D eigenvalue weighted by atomic mass is 10.1. The second kappa shape index (κ2) is 8.65. The van der Waals surface area contributed by atoms with E-state index in [2.05, 4.69) is 13.5 Å². The summed E-state index contributed by atoms with van der Waals surface area (Å²) in [5.74, 6) is -1.95. The average molecular weight is 391 g/mol.